The quantitative estimate of drug-likeness (QED) is 0.410. The summed E-state index contributed by atoms with van der Waals surface area (Å²) in [6.45, 7) is 4.58. The summed E-state index contributed by atoms with van der Waals surface area (Å²) in [7, 11) is 0. The Kier molecular flexibility index (Phi) is 7.94. The molecule has 2 aliphatic rings. The summed E-state index contributed by atoms with van der Waals surface area (Å²) in [5.41, 5.74) is 0.0644. The van der Waals surface area contributed by atoms with Gasteiger partial charge in [-0.2, -0.15) is 5.26 Å². The van der Waals surface area contributed by atoms with Gasteiger partial charge in [-0.25, -0.2) is 0 Å². The molecule has 0 aliphatic heterocycles. The highest BCUT2D eigenvalue weighted by atomic mass is 14.5. The van der Waals surface area contributed by atoms with Crippen molar-refractivity contribution >= 4 is 0 Å². The van der Waals surface area contributed by atoms with E-state index in [2.05, 4.69) is 19.9 Å². The Morgan fingerprint density at radius 1 is 0.870 bits per heavy atom. The molecule has 0 N–H and O–H groups in total. The van der Waals surface area contributed by atoms with Crippen LogP contribution in [0.2, 0.25) is 0 Å². The first-order chi connectivity index (χ1) is 11.2. The van der Waals surface area contributed by atoms with Crippen LogP contribution in [-0.4, -0.2) is 0 Å². The highest BCUT2D eigenvalue weighted by molar-refractivity contribution is 5.08. The zero-order valence-electron chi connectivity index (χ0n) is 15.8. The van der Waals surface area contributed by atoms with E-state index in [1.807, 2.05) is 0 Å². The lowest BCUT2D eigenvalue weighted by Crippen LogP contribution is -2.40. The Morgan fingerprint density at radius 2 is 1.57 bits per heavy atom. The maximum atomic E-state index is 9.95. The normalized spacial score (nSPS) is 33.9. The fourth-order valence-corrected chi connectivity index (χ4v) is 5.37. The molecular formula is C22H39N. The van der Waals surface area contributed by atoms with E-state index in [-0.39, 0.29) is 5.41 Å². The van der Waals surface area contributed by atoms with Crippen LogP contribution >= 0.6 is 0 Å². The molecule has 0 heterocycles. The number of hydrogen-bond donors (Lipinski definition) is 0. The lowest BCUT2D eigenvalue weighted by Gasteiger charge is -2.48. The van der Waals surface area contributed by atoms with Crippen LogP contribution in [0.3, 0.4) is 0 Å². The first kappa shape index (κ1) is 18.8. The number of nitriles is 1. The number of nitrogens with zero attached hydrogens (tertiary/aromatic N) is 1. The molecule has 2 aliphatic carbocycles. The largest absolute Gasteiger partial charge is 0.198 e. The molecule has 23 heavy (non-hydrogen) atoms. The van der Waals surface area contributed by atoms with Crippen molar-refractivity contribution in [1.82, 2.24) is 0 Å². The smallest absolute Gasteiger partial charge is 0.0692 e. The fraction of sp³-hybridized carbons (Fsp3) is 0.955. The number of unbranched alkanes of at least 4 members (excludes halogenated alkanes) is 5. The lowest BCUT2D eigenvalue weighted by atomic mass is 9.55. The molecule has 1 nitrogen and oxygen atoms in total. The summed E-state index contributed by atoms with van der Waals surface area (Å²) < 4.78 is 0. The molecule has 0 aromatic heterocycles. The van der Waals surface area contributed by atoms with E-state index >= 15 is 0 Å². The first-order valence-corrected chi connectivity index (χ1v) is 10.6. The summed E-state index contributed by atoms with van der Waals surface area (Å²) in [5.74, 6) is 2.49. The van der Waals surface area contributed by atoms with Crippen LogP contribution in [0.25, 0.3) is 0 Å². The first-order valence-electron chi connectivity index (χ1n) is 10.6. The van der Waals surface area contributed by atoms with Crippen LogP contribution < -0.4 is 0 Å². The van der Waals surface area contributed by atoms with Crippen LogP contribution in [0.1, 0.15) is 110 Å². The second kappa shape index (κ2) is 9.71. The Hall–Kier alpha value is -0.510. The molecule has 2 saturated carbocycles. The summed E-state index contributed by atoms with van der Waals surface area (Å²) in [5, 5.41) is 9.95. The minimum Gasteiger partial charge on any atom is -0.198 e. The lowest BCUT2D eigenvalue weighted by molar-refractivity contribution is 0.0366. The minimum atomic E-state index is 0.0644. The summed E-state index contributed by atoms with van der Waals surface area (Å²) in [4.78, 5) is 0. The van der Waals surface area contributed by atoms with Crippen LogP contribution in [0.15, 0.2) is 0 Å². The van der Waals surface area contributed by atoms with E-state index in [0.717, 1.165) is 17.8 Å². The van der Waals surface area contributed by atoms with Crippen molar-refractivity contribution in [2.45, 2.75) is 110 Å². The maximum Gasteiger partial charge on any atom is 0.0692 e. The van der Waals surface area contributed by atoms with Gasteiger partial charge in [-0.15, -0.1) is 0 Å². The van der Waals surface area contributed by atoms with E-state index in [1.54, 1.807) is 0 Å². The third-order valence-corrected chi connectivity index (χ3v) is 6.88. The molecule has 132 valence electrons. The van der Waals surface area contributed by atoms with Gasteiger partial charge in [0.15, 0.2) is 0 Å². The van der Waals surface area contributed by atoms with E-state index < -0.39 is 0 Å². The van der Waals surface area contributed by atoms with E-state index in [0.29, 0.717) is 0 Å². The molecule has 0 saturated heterocycles. The predicted molar refractivity (Wildman–Crippen MR) is 99.1 cm³/mol. The van der Waals surface area contributed by atoms with Crippen LogP contribution in [-0.2, 0) is 0 Å². The van der Waals surface area contributed by atoms with Crippen molar-refractivity contribution in [3.8, 4) is 6.07 Å². The Balaban J connectivity index is 1.81. The van der Waals surface area contributed by atoms with Gasteiger partial charge in [0.05, 0.1) is 11.5 Å². The number of hydrogen-bond acceptors (Lipinski definition) is 1. The molecule has 4 atom stereocenters. The van der Waals surface area contributed by atoms with E-state index in [1.165, 1.54) is 96.3 Å². The molecule has 0 radical (unpaired) electrons. The second-order valence-electron chi connectivity index (χ2n) is 8.60. The van der Waals surface area contributed by atoms with Crippen molar-refractivity contribution in [2.75, 3.05) is 0 Å². The van der Waals surface area contributed by atoms with Gasteiger partial charge < -0.3 is 0 Å². The van der Waals surface area contributed by atoms with E-state index in [9.17, 15) is 5.26 Å². The number of fused-ring (bicyclic) bond motifs is 1. The zero-order chi connectivity index (χ0) is 16.5. The highest BCUT2D eigenvalue weighted by Gasteiger charge is 2.47. The van der Waals surface area contributed by atoms with Gasteiger partial charge in [0, 0.05) is 0 Å². The monoisotopic (exact) mass is 317 g/mol. The SMILES string of the molecule is CCCCCC[C@@H]1CC[C@@H]2CC(CCCCC)CCC2(C#N)C1. The van der Waals surface area contributed by atoms with Gasteiger partial charge in [-0.05, 0) is 49.9 Å². The Labute approximate surface area is 145 Å². The van der Waals surface area contributed by atoms with Gasteiger partial charge in [0.25, 0.3) is 0 Å². The van der Waals surface area contributed by atoms with E-state index in [4.69, 9.17) is 0 Å². The summed E-state index contributed by atoms with van der Waals surface area (Å²) in [6, 6.07) is 2.84. The molecule has 0 amide bonds. The predicted octanol–water partition coefficient (Wildman–Crippen LogP) is 7.26. The van der Waals surface area contributed by atoms with Gasteiger partial charge in [-0.3, -0.25) is 0 Å². The summed E-state index contributed by atoms with van der Waals surface area (Å²) >= 11 is 0. The third-order valence-electron chi connectivity index (χ3n) is 6.88. The highest BCUT2D eigenvalue weighted by Crippen LogP contribution is 2.54. The average Bonchev–Trinajstić information content (AvgIpc) is 2.59. The van der Waals surface area contributed by atoms with Crippen LogP contribution in [0.4, 0.5) is 0 Å². The van der Waals surface area contributed by atoms with Gasteiger partial charge >= 0.3 is 0 Å². The van der Waals surface area contributed by atoms with Crippen molar-refractivity contribution in [2.24, 2.45) is 23.2 Å². The standard InChI is InChI=1S/C22H39N/c1-3-5-7-9-11-20-12-13-21-16-19(10-8-6-4-2)14-15-22(21,17-20)18-23/h19-21H,3-17H2,1-2H3/t19?,20-,21-,22?/m1/s1. The fourth-order valence-electron chi connectivity index (χ4n) is 5.37. The topological polar surface area (TPSA) is 23.8 Å². The molecule has 0 spiro atoms. The Bertz CT molecular complexity index is 369. The molecule has 2 fully saturated rings. The molecule has 0 bridgehead atoms. The number of rotatable bonds is 9. The second-order valence-corrected chi connectivity index (χ2v) is 8.60. The summed E-state index contributed by atoms with van der Waals surface area (Å²) in [6.07, 6.45) is 20.3. The molecule has 2 rings (SSSR count). The van der Waals surface area contributed by atoms with Crippen molar-refractivity contribution < 1.29 is 0 Å². The van der Waals surface area contributed by atoms with Gasteiger partial charge in [0.1, 0.15) is 0 Å². The van der Waals surface area contributed by atoms with Crippen LogP contribution in [0, 0.1) is 34.5 Å². The van der Waals surface area contributed by atoms with Crippen molar-refractivity contribution in [3.05, 3.63) is 0 Å². The minimum absolute atomic E-state index is 0.0644. The van der Waals surface area contributed by atoms with Crippen molar-refractivity contribution in [1.29, 1.82) is 5.26 Å². The third kappa shape index (κ3) is 5.23. The molecular weight excluding hydrogens is 278 g/mol. The van der Waals surface area contributed by atoms with Crippen LogP contribution in [0.5, 0.6) is 0 Å². The van der Waals surface area contributed by atoms with Gasteiger partial charge in [-0.1, -0.05) is 78.1 Å². The molecule has 1 heteroatoms. The van der Waals surface area contributed by atoms with Gasteiger partial charge in [0.2, 0.25) is 0 Å². The zero-order valence-corrected chi connectivity index (χ0v) is 15.8. The maximum absolute atomic E-state index is 9.95. The Morgan fingerprint density at radius 3 is 2.30 bits per heavy atom. The molecule has 2 unspecified atom stereocenters. The molecule has 0 aromatic carbocycles. The average molecular weight is 318 g/mol. The van der Waals surface area contributed by atoms with Crippen molar-refractivity contribution in [3.63, 3.8) is 0 Å². The molecule has 0 aromatic rings.